The third-order valence-electron chi connectivity index (χ3n) is 2.37. The molecule has 1 atom stereocenters. The van der Waals surface area contributed by atoms with Gasteiger partial charge in [-0.05, 0) is 6.42 Å². The second-order valence-electron chi connectivity index (χ2n) is 3.56. The molecule has 1 unspecified atom stereocenters. The second kappa shape index (κ2) is 5.58. The minimum atomic E-state index is -3.40. The fourth-order valence-corrected chi connectivity index (χ4v) is 2.87. The molecule has 1 heterocycles. The molecule has 1 saturated heterocycles. The fraction of sp³-hybridized carbons (Fsp3) is 0.875. The van der Waals surface area contributed by atoms with Crippen LogP contribution in [0.4, 0.5) is 0 Å². The molecule has 7 nitrogen and oxygen atoms in total. The Morgan fingerprint density at radius 3 is 2.50 bits per heavy atom. The lowest BCUT2D eigenvalue weighted by molar-refractivity contribution is -0.138. The highest BCUT2D eigenvalue weighted by molar-refractivity contribution is 7.89. The first-order valence-corrected chi connectivity index (χ1v) is 6.58. The standard InChI is InChI=1S/C8H16N2O5S/c9-7(8(11)12)1-6-16(13,14)10-2-4-15-5-3-10/h7H,1-6,9H2,(H,11,12). The zero-order chi connectivity index (χ0) is 12.2. The van der Waals surface area contributed by atoms with Crippen LogP contribution < -0.4 is 5.73 Å². The summed E-state index contributed by atoms with van der Waals surface area (Å²) in [5, 5.41) is 8.54. The SMILES string of the molecule is NC(CCS(=O)(=O)N1CCOCC1)C(=O)O. The monoisotopic (exact) mass is 252 g/mol. The van der Waals surface area contributed by atoms with Crippen LogP contribution in [0.25, 0.3) is 0 Å². The number of aliphatic carboxylic acids is 1. The van der Waals surface area contributed by atoms with E-state index in [0.717, 1.165) is 0 Å². The van der Waals surface area contributed by atoms with Crippen LogP contribution in [-0.2, 0) is 19.6 Å². The fourth-order valence-electron chi connectivity index (χ4n) is 1.35. The van der Waals surface area contributed by atoms with Crippen molar-refractivity contribution in [3.8, 4) is 0 Å². The highest BCUT2D eigenvalue weighted by Gasteiger charge is 2.25. The summed E-state index contributed by atoms with van der Waals surface area (Å²) in [6.07, 6.45) is -0.0744. The molecule has 1 aliphatic rings. The summed E-state index contributed by atoms with van der Waals surface area (Å²) in [5.41, 5.74) is 5.25. The number of rotatable bonds is 5. The molecule has 0 spiro atoms. The van der Waals surface area contributed by atoms with E-state index in [2.05, 4.69) is 0 Å². The van der Waals surface area contributed by atoms with Gasteiger partial charge in [-0.25, -0.2) is 8.42 Å². The zero-order valence-corrected chi connectivity index (χ0v) is 9.65. The average molecular weight is 252 g/mol. The van der Waals surface area contributed by atoms with Crippen LogP contribution in [0.3, 0.4) is 0 Å². The smallest absolute Gasteiger partial charge is 0.320 e. The van der Waals surface area contributed by atoms with Crippen LogP contribution in [0.15, 0.2) is 0 Å². The van der Waals surface area contributed by atoms with Gasteiger partial charge in [0.2, 0.25) is 10.0 Å². The van der Waals surface area contributed by atoms with E-state index in [4.69, 9.17) is 15.6 Å². The van der Waals surface area contributed by atoms with Gasteiger partial charge in [-0.3, -0.25) is 4.79 Å². The molecule has 0 saturated carbocycles. The van der Waals surface area contributed by atoms with E-state index in [1.165, 1.54) is 4.31 Å². The lowest BCUT2D eigenvalue weighted by atomic mass is 10.2. The summed E-state index contributed by atoms with van der Waals surface area (Å²) in [5.74, 6) is -1.42. The van der Waals surface area contributed by atoms with Crippen LogP contribution in [0.1, 0.15) is 6.42 Å². The molecule has 1 rings (SSSR count). The topological polar surface area (TPSA) is 110 Å². The first-order chi connectivity index (χ1) is 7.43. The zero-order valence-electron chi connectivity index (χ0n) is 8.83. The Labute approximate surface area is 94.2 Å². The summed E-state index contributed by atoms with van der Waals surface area (Å²) in [6, 6.07) is -1.13. The number of carbonyl (C=O) groups is 1. The summed E-state index contributed by atoms with van der Waals surface area (Å²) in [7, 11) is -3.40. The quantitative estimate of drug-likeness (QED) is 0.613. The molecule has 1 aliphatic heterocycles. The van der Waals surface area contributed by atoms with Crippen molar-refractivity contribution in [2.75, 3.05) is 32.1 Å². The number of nitrogens with zero attached hydrogens (tertiary/aromatic N) is 1. The van der Waals surface area contributed by atoms with Gasteiger partial charge in [0.1, 0.15) is 6.04 Å². The van der Waals surface area contributed by atoms with Gasteiger partial charge in [-0.2, -0.15) is 4.31 Å². The molecule has 0 radical (unpaired) electrons. The number of ether oxygens (including phenoxy) is 1. The summed E-state index contributed by atoms with van der Waals surface area (Å²) in [4.78, 5) is 10.4. The molecule has 16 heavy (non-hydrogen) atoms. The van der Waals surface area contributed by atoms with E-state index in [0.29, 0.717) is 26.3 Å². The van der Waals surface area contributed by atoms with Gasteiger partial charge in [0.15, 0.2) is 0 Å². The summed E-state index contributed by atoms with van der Waals surface area (Å²) in [6.45, 7) is 1.41. The highest BCUT2D eigenvalue weighted by Crippen LogP contribution is 2.07. The van der Waals surface area contributed by atoms with Crippen LogP contribution in [0.5, 0.6) is 0 Å². The van der Waals surface area contributed by atoms with Crippen molar-refractivity contribution in [3.05, 3.63) is 0 Å². The molecule has 94 valence electrons. The molecule has 8 heteroatoms. The molecular weight excluding hydrogens is 236 g/mol. The van der Waals surface area contributed by atoms with Crippen molar-refractivity contribution in [2.45, 2.75) is 12.5 Å². The second-order valence-corrected chi connectivity index (χ2v) is 5.65. The Morgan fingerprint density at radius 2 is 2.00 bits per heavy atom. The van der Waals surface area contributed by atoms with E-state index >= 15 is 0 Å². The van der Waals surface area contributed by atoms with Gasteiger partial charge in [0.05, 0.1) is 19.0 Å². The maximum absolute atomic E-state index is 11.7. The molecular formula is C8H16N2O5S. The van der Waals surface area contributed by atoms with E-state index in [9.17, 15) is 13.2 Å². The Morgan fingerprint density at radius 1 is 1.44 bits per heavy atom. The van der Waals surface area contributed by atoms with E-state index < -0.39 is 22.0 Å². The van der Waals surface area contributed by atoms with Crippen LogP contribution in [0, 0.1) is 0 Å². The van der Waals surface area contributed by atoms with Gasteiger partial charge < -0.3 is 15.6 Å². The van der Waals surface area contributed by atoms with Crippen molar-refractivity contribution in [2.24, 2.45) is 5.73 Å². The highest BCUT2D eigenvalue weighted by atomic mass is 32.2. The van der Waals surface area contributed by atoms with E-state index in [-0.39, 0.29) is 12.2 Å². The third kappa shape index (κ3) is 3.71. The number of carboxylic acid groups (broad SMARTS) is 1. The summed E-state index contributed by atoms with van der Waals surface area (Å²) < 4.78 is 29.8. The number of carboxylic acids is 1. The van der Waals surface area contributed by atoms with Crippen molar-refractivity contribution in [1.29, 1.82) is 0 Å². The molecule has 0 aromatic heterocycles. The van der Waals surface area contributed by atoms with E-state index in [1.54, 1.807) is 0 Å². The minimum Gasteiger partial charge on any atom is -0.480 e. The molecule has 0 amide bonds. The Kier molecular flexibility index (Phi) is 4.66. The number of sulfonamides is 1. The van der Waals surface area contributed by atoms with Crippen molar-refractivity contribution >= 4 is 16.0 Å². The van der Waals surface area contributed by atoms with Crippen LogP contribution in [-0.4, -0.2) is 61.9 Å². The Hall–Kier alpha value is -0.700. The number of morpholine rings is 1. The average Bonchev–Trinajstić information content (AvgIpc) is 2.27. The minimum absolute atomic E-state index is 0.0744. The first kappa shape index (κ1) is 13.4. The normalized spacial score (nSPS) is 20.6. The lowest BCUT2D eigenvalue weighted by Gasteiger charge is -2.26. The Balaban J connectivity index is 2.47. The predicted octanol–water partition coefficient (Wildman–Crippen LogP) is -1.55. The van der Waals surface area contributed by atoms with Gasteiger partial charge in [0.25, 0.3) is 0 Å². The van der Waals surface area contributed by atoms with Crippen LogP contribution in [0.2, 0.25) is 0 Å². The van der Waals surface area contributed by atoms with Gasteiger partial charge in [-0.1, -0.05) is 0 Å². The lowest BCUT2D eigenvalue weighted by Crippen LogP contribution is -2.43. The van der Waals surface area contributed by atoms with E-state index in [1.807, 2.05) is 0 Å². The van der Waals surface area contributed by atoms with Crippen molar-refractivity contribution in [3.63, 3.8) is 0 Å². The molecule has 0 bridgehead atoms. The maximum Gasteiger partial charge on any atom is 0.320 e. The number of hydrogen-bond acceptors (Lipinski definition) is 5. The van der Waals surface area contributed by atoms with Gasteiger partial charge in [-0.15, -0.1) is 0 Å². The molecule has 0 aliphatic carbocycles. The van der Waals surface area contributed by atoms with Crippen LogP contribution >= 0.6 is 0 Å². The molecule has 3 N–H and O–H groups in total. The van der Waals surface area contributed by atoms with Gasteiger partial charge in [0, 0.05) is 13.1 Å². The molecule has 0 aromatic rings. The first-order valence-electron chi connectivity index (χ1n) is 4.97. The Bertz CT molecular complexity index is 336. The largest absolute Gasteiger partial charge is 0.480 e. The number of nitrogens with two attached hydrogens (primary N) is 1. The van der Waals surface area contributed by atoms with Gasteiger partial charge >= 0.3 is 5.97 Å². The summed E-state index contributed by atoms with van der Waals surface area (Å²) >= 11 is 0. The maximum atomic E-state index is 11.7. The van der Waals surface area contributed by atoms with Crippen molar-refractivity contribution in [1.82, 2.24) is 4.31 Å². The van der Waals surface area contributed by atoms with Crippen molar-refractivity contribution < 1.29 is 23.1 Å². The molecule has 0 aromatic carbocycles. The number of hydrogen-bond donors (Lipinski definition) is 2. The molecule has 1 fully saturated rings. The predicted molar refractivity (Wildman–Crippen MR) is 56.4 cm³/mol. The third-order valence-corrected chi connectivity index (χ3v) is 4.27.